The van der Waals surface area contributed by atoms with Gasteiger partial charge in [0.05, 0.1) is 14.2 Å². The summed E-state index contributed by atoms with van der Waals surface area (Å²) < 4.78 is 10.7. The number of nitrogens with zero attached hydrogens (tertiary/aromatic N) is 1. The van der Waals surface area contributed by atoms with Crippen LogP contribution in [0.3, 0.4) is 0 Å². The van der Waals surface area contributed by atoms with Gasteiger partial charge in [-0.25, -0.2) is 0 Å². The molecule has 0 radical (unpaired) electrons. The van der Waals surface area contributed by atoms with Gasteiger partial charge in [-0.3, -0.25) is 4.79 Å². The highest BCUT2D eigenvalue weighted by atomic mass is 35.5. The quantitative estimate of drug-likeness (QED) is 0.757. The van der Waals surface area contributed by atoms with E-state index in [2.05, 4.69) is 0 Å². The molecule has 20 heavy (non-hydrogen) atoms. The summed E-state index contributed by atoms with van der Waals surface area (Å²) in [6, 6.07) is 5.80. The normalized spacial score (nSPS) is 18.4. The second-order valence-corrected chi connectivity index (χ2v) is 5.28. The molecule has 0 spiro atoms. The molecule has 0 aliphatic carbocycles. The molecule has 1 aromatic rings. The molecular weight excluding hydrogens is 278 g/mol. The maximum Gasteiger partial charge on any atom is 0.222 e. The highest BCUT2D eigenvalue weighted by Crippen LogP contribution is 2.31. The first-order chi connectivity index (χ1) is 9.69. The van der Waals surface area contributed by atoms with Crippen molar-refractivity contribution in [1.29, 1.82) is 0 Å². The first kappa shape index (κ1) is 15.0. The fraction of sp³-hybridized carbons (Fsp3) is 0.533. The Hall–Kier alpha value is -1.42. The van der Waals surface area contributed by atoms with Crippen molar-refractivity contribution >= 4 is 17.5 Å². The summed E-state index contributed by atoms with van der Waals surface area (Å²) in [6.07, 6.45) is 1.32. The number of carbonyl (C=O) groups excluding carboxylic acids is 1. The Morgan fingerprint density at radius 2 is 2.15 bits per heavy atom. The molecule has 0 aromatic heterocycles. The zero-order valence-electron chi connectivity index (χ0n) is 11.9. The number of rotatable bonds is 6. The molecule has 1 amide bonds. The van der Waals surface area contributed by atoms with Gasteiger partial charge in [0.2, 0.25) is 5.91 Å². The lowest BCUT2D eigenvalue weighted by atomic mass is 10.1. The van der Waals surface area contributed by atoms with Gasteiger partial charge in [-0.2, -0.15) is 0 Å². The van der Waals surface area contributed by atoms with E-state index in [0.717, 1.165) is 30.0 Å². The maximum atomic E-state index is 11.9. The average molecular weight is 298 g/mol. The Bertz CT molecular complexity index is 478. The van der Waals surface area contributed by atoms with Gasteiger partial charge >= 0.3 is 0 Å². The fourth-order valence-electron chi connectivity index (χ4n) is 2.58. The molecule has 4 nitrogen and oxygen atoms in total. The molecule has 1 aromatic carbocycles. The van der Waals surface area contributed by atoms with E-state index in [1.165, 1.54) is 0 Å². The van der Waals surface area contributed by atoms with E-state index in [1.807, 2.05) is 23.1 Å². The van der Waals surface area contributed by atoms with Crippen LogP contribution in [-0.4, -0.2) is 44.0 Å². The first-order valence-electron chi connectivity index (χ1n) is 6.73. The molecule has 1 saturated heterocycles. The van der Waals surface area contributed by atoms with Crippen LogP contribution >= 0.6 is 11.6 Å². The minimum absolute atomic E-state index is 0.192. The lowest BCUT2D eigenvalue weighted by molar-refractivity contribution is -0.127. The van der Waals surface area contributed by atoms with Crippen LogP contribution in [0, 0.1) is 5.92 Å². The molecule has 1 unspecified atom stereocenters. The molecule has 5 heteroatoms. The predicted octanol–water partition coefficient (Wildman–Crippen LogP) is 2.33. The molecule has 1 heterocycles. The van der Waals surface area contributed by atoms with E-state index in [-0.39, 0.29) is 11.8 Å². The third kappa shape index (κ3) is 3.18. The van der Waals surface area contributed by atoms with E-state index in [9.17, 15) is 4.79 Å². The Morgan fingerprint density at radius 1 is 1.35 bits per heavy atom. The molecule has 110 valence electrons. The molecule has 1 fully saturated rings. The van der Waals surface area contributed by atoms with Gasteiger partial charge in [0.25, 0.3) is 0 Å². The van der Waals surface area contributed by atoms with Crippen LogP contribution < -0.4 is 9.47 Å². The van der Waals surface area contributed by atoms with Crippen LogP contribution in [0.5, 0.6) is 11.5 Å². The Morgan fingerprint density at radius 3 is 2.75 bits per heavy atom. The molecule has 0 bridgehead atoms. The first-order valence-corrected chi connectivity index (χ1v) is 7.26. The number of hydrogen-bond donors (Lipinski definition) is 0. The summed E-state index contributed by atoms with van der Waals surface area (Å²) in [6.45, 7) is 1.45. The minimum Gasteiger partial charge on any atom is -0.493 e. The van der Waals surface area contributed by atoms with E-state index >= 15 is 0 Å². The van der Waals surface area contributed by atoms with E-state index in [0.29, 0.717) is 18.8 Å². The average Bonchev–Trinajstić information content (AvgIpc) is 2.84. The van der Waals surface area contributed by atoms with Crippen molar-refractivity contribution in [2.24, 2.45) is 5.92 Å². The summed E-state index contributed by atoms with van der Waals surface area (Å²) in [7, 11) is 3.25. The Balaban J connectivity index is 2.02. The molecule has 0 saturated carbocycles. The van der Waals surface area contributed by atoms with E-state index in [4.69, 9.17) is 21.1 Å². The van der Waals surface area contributed by atoms with Gasteiger partial charge in [-0.05, 0) is 24.0 Å². The monoisotopic (exact) mass is 297 g/mol. The number of alkyl halides is 1. The summed E-state index contributed by atoms with van der Waals surface area (Å²) >= 11 is 5.83. The lowest BCUT2D eigenvalue weighted by Gasteiger charge is -2.18. The van der Waals surface area contributed by atoms with Gasteiger partial charge in [-0.1, -0.05) is 12.1 Å². The number of para-hydroxylation sites is 1. The van der Waals surface area contributed by atoms with E-state index < -0.39 is 0 Å². The maximum absolute atomic E-state index is 11.9. The van der Waals surface area contributed by atoms with Gasteiger partial charge in [0.1, 0.15) is 0 Å². The topological polar surface area (TPSA) is 38.8 Å². The molecule has 1 atom stereocenters. The molecule has 2 rings (SSSR count). The van der Waals surface area contributed by atoms with Gasteiger partial charge in [-0.15, -0.1) is 11.6 Å². The standard InChI is InChI=1S/C15H20ClNO3/c1-19-13-5-3-4-12(15(13)20-2)6-7-17-10-11(9-16)8-14(17)18/h3-5,11H,6-10H2,1-2H3. The third-order valence-corrected chi connectivity index (χ3v) is 4.08. The third-order valence-electron chi connectivity index (χ3n) is 3.65. The number of amides is 1. The highest BCUT2D eigenvalue weighted by Gasteiger charge is 2.28. The minimum atomic E-state index is 0.192. The fourth-order valence-corrected chi connectivity index (χ4v) is 2.79. The number of likely N-dealkylation sites (tertiary alicyclic amines) is 1. The van der Waals surface area contributed by atoms with Crippen LogP contribution in [0.15, 0.2) is 18.2 Å². The Labute approximate surface area is 124 Å². The van der Waals surface area contributed by atoms with Crippen LogP contribution in [0.2, 0.25) is 0 Å². The smallest absolute Gasteiger partial charge is 0.222 e. The van der Waals surface area contributed by atoms with E-state index in [1.54, 1.807) is 14.2 Å². The molecule has 0 N–H and O–H groups in total. The zero-order valence-corrected chi connectivity index (χ0v) is 12.7. The van der Waals surface area contributed by atoms with Crippen molar-refractivity contribution in [2.75, 3.05) is 33.2 Å². The summed E-state index contributed by atoms with van der Waals surface area (Å²) in [5, 5.41) is 0. The molecule has 1 aliphatic rings. The highest BCUT2D eigenvalue weighted by molar-refractivity contribution is 6.18. The zero-order chi connectivity index (χ0) is 14.5. The predicted molar refractivity (Wildman–Crippen MR) is 78.7 cm³/mol. The number of methoxy groups -OCH3 is 2. The second kappa shape index (κ2) is 6.84. The van der Waals surface area contributed by atoms with Gasteiger partial charge < -0.3 is 14.4 Å². The number of halogens is 1. The van der Waals surface area contributed by atoms with Crippen molar-refractivity contribution in [3.8, 4) is 11.5 Å². The van der Waals surface area contributed by atoms with Crippen molar-refractivity contribution in [3.63, 3.8) is 0 Å². The number of benzene rings is 1. The van der Waals surface area contributed by atoms with Gasteiger partial charge in [0, 0.05) is 25.4 Å². The van der Waals surface area contributed by atoms with Crippen molar-refractivity contribution in [2.45, 2.75) is 12.8 Å². The van der Waals surface area contributed by atoms with Crippen LogP contribution in [0.4, 0.5) is 0 Å². The summed E-state index contributed by atoms with van der Waals surface area (Å²) in [4.78, 5) is 13.7. The van der Waals surface area contributed by atoms with Crippen molar-refractivity contribution in [3.05, 3.63) is 23.8 Å². The van der Waals surface area contributed by atoms with Crippen LogP contribution in [0.25, 0.3) is 0 Å². The second-order valence-electron chi connectivity index (χ2n) is 4.97. The Kier molecular flexibility index (Phi) is 5.12. The van der Waals surface area contributed by atoms with Crippen molar-refractivity contribution < 1.29 is 14.3 Å². The van der Waals surface area contributed by atoms with Crippen LogP contribution in [0.1, 0.15) is 12.0 Å². The molecular formula is C15H20ClNO3. The van der Waals surface area contributed by atoms with Crippen LogP contribution in [-0.2, 0) is 11.2 Å². The lowest BCUT2D eigenvalue weighted by Crippen LogP contribution is -2.27. The SMILES string of the molecule is COc1cccc(CCN2CC(CCl)CC2=O)c1OC. The van der Waals surface area contributed by atoms with Gasteiger partial charge in [0.15, 0.2) is 11.5 Å². The number of ether oxygens (including phenoxy) is 2. The largest absolute Gasteiger partial charge is 0.493 e. The number of hydrogen-bond acceptors (Lipinski definition) is 3. The molecule has 1 aliphatic heterocycles. The summed E-state index contributed by atoms with van der Waals surface area (Å²) in [5.41, 5.74) is 1.05. The number of carbonyl (C=O) groups is 1. The summed E-state index contributed by atoms with van der Waals surface area (Å²) in [5.74, 6) is 2.49. The van der Waals surface area contributed by atoms with Crippen molar-refractivity contribution in [1.82, 2.24) is 4.90 Å².